The number of ether oxygens (including phenoxy) is 1. The first-order chi connectivity index (χ1) is 14.6. The monoisotopic (exact) mass is 421 g/mol. The van der Waals surface area contributed by atoms with E-state index in [2.05, 4.69) is 17.2 Å². The molecule has 1 aliphatic heterocycles. The maximum absolute atomic E-state index is 12.5. The Kier molecular flexibility index (Phi) is 6.09. The number of rotatable bonds is 7. The summed E-state index contributed by atoms with van der Waals surface area (Å²) in [6.45, 7) is 2.42. The number of nitrogens with one attached hydrogen (secondary N) is 1. The highest BCUT2D eigenvalue weighted by molar-refractivity contribution is 7.09. The molecular weight excluding hydrogens is 398 g/mol. The fourth-order valence-electron chi connectivity index (χ4n) is 3.30. The molecule has 0 fully saturated rings. The van der Waals surface area contributed by atoms with Crippen LogP contribution in [0.15, 0.2) is 53.9 Å². The maximum Gasteiger partial charge on any atom is 0.265 e. The summed E-state index contributed by atoms with van der Waals surface area (Å²) < 4.78 is 5.57. The smallest absolute Gasteiger partial charge is 0.265 e. The van der Waals surface area contributed by atoms with Crippen molar-refractivity contribution >= 4 is 28.8 Å². The molecule has 1 aromatic heterocycles. The van der Waals surface area contributed by atoms with Crippen molar-refractivity contribution < 1.29 is 14.3 Å². The summed E-state index contributed by atoms with van der Waals surface area (Å²) >= 11 is 1.64. The van der Waals surface area contributed by atoms with Crippen LogP contribution in [0.4, 0.5) is 5.69 Å². The Morgan fingerprint density at radius 2 is 2.07 bits per heavy atom. The van der Waals surface area contributed by atoms with E-state index in [1.54, 1.807) is 11.3 Å². The summed E-state index contributed by atoms with van der Waals surface area (Å²) in [7, 11) is 0. The SMILES string of the molecule is CCCc1nc(-c2ccc3c(c2)N(CC(=O)NCc2ccccc2)C(=O)CO3)cs1. The van der Waals surface area contributed by atoms with Crippen molar-refractivity contribution in [3.05, 3.63) is 64.5 Å². The minimum Gasteiger partial charge on any atom is -0.482 e. The topological polar surface area (TPSA) is 71.5 Å². The van der Waals surface area contributed by atoms with E-state index in [0.29, 0.717) is 18.0 Å². The molecule has 4 rings (SSSR count). The molecule has 1 N–H and O–H groups in total. The zero-order chi connectivity index (χ0) is 20.9. The van der Waals surface area contributed by atoms with Crippen LogP contribution in [0.25, 0.3) is 11.3 Å². The van der Waals surface area contributed by atoms with Gasteiger partial charge in [-0.1, -0.05) is 37.3 Å². The molecular formula is C23H23N3O3S. The van der Waals surface area contributed by atoms with Gasteiger partial charge in [-0.25, -0.2) is 4.98 Å². The average molecular weight is 422 g/mol. The largest absolute Gasteiger partial charge is 0.482 e. The van der Waals surface area contributed by atoms with E-state index < -0.39 is 0 Å². The standard InChI is InChI=1S/C23H23N3O3S/c1-2-6-22-25-18(15-30-22)17-9-10-20-19(11-17)26(23(28)14-29-20)13-21(27)24-12-16-7-4-3-5-8-16/h3-5,7-11,15H,2,6,12-14H2,1H3,(H,24,27). The van der Waals surface area contributed by atoms with E-state index in [1.807, 2.05) is 53.9 Å². The first kappa shape index (κ1) is 20.1. The number of hydrogen-bond donors (Lipinski definition) is 1. The lowest BCUT2D eigenvalue weighted by Crippen LogP contribution is -2.45. The van der Waals surface area contributed by atoms with Gasteiger partial charge in [0.1, 0.15) is 12.3 Å². The zero-order valence-corrected chi connectivity index (χ0v) is 17.6. The highest BCUT2D eigenvalue weighted by Gasteiger charge is 2.28. The molecule has 1 aliphatic rings. The molecule has 0 saturated heterocycles. The molecule has 30 heavy (non-hydrogen) atoms. The molecule has 2 aromatic carbocycles. The van der Waals surface area contributed by atoms with E-state index >= 15 is 0 Å². The number of hydrogen-bond acceptors (Lipinski definition) is 5. The van der Waals surface area contributed by atoms with Gasteiger partial charge in [-0.3, -0.25) is 14.5 Å². The van der Waals surface area contributed by atoms with Crippen molar-refractivity contribution in [2.24, 2.45) is 0 Å². The molecule has 0 unspecified atom stereocenters. The van der Waals surface area contributed by atoms with Gasteiger partial charge in [-0.15, -0.1) is 11.3 Å². The van der Waals surface area contributed by atoms with Crippen molar-refractivity contribution in [2.45, 2.75) is 26.3 Å². The average Bonchev–Trinajstić information content (AvgIpc) is 3.24. The predicted molar refractivity (Wildman–Crippen MR) is 118 cm³/mol. The van der Waals surface area contributed by atoms with E-state index in [1.165, 1.54) is 4.90 Å². The van der Waals surface area contributed by atoms with Gasteiger partial charge in [0, 0.05) is 17.5 Å². The van der Waals surface area contributed by atoms with Crippen molar-refractivity contribution in [2.75, 3.05) is 18.1 Å². The number of aromatic nitrogens is 1. The summed E-state index contributed by atoms with van der Waals surface area (Å²) in [6, 6.07) is 15.3. The second-order valence-corrected chi connectivity index (χ2v) is 8.03. The third-order valence-electron chi connectivity index (χ3n) is 4.85. The van der Waals surface area contributed by atoms with Crippen molar-refractivity contribution in [3.63, 3.8) is 0 Å². The second kappa shape index (κ2) is 9.09. The second-order valence-electron chi connectivity index (χ2n) is 7.09. The number of benzene rings is 2. The highest BCUT2D eigenvalue weighted by atomic mass is 32.1. The fourth-order valence-corrected chi connectivity index (χ4v) is 4.21. The van der Waals surface area contributed by atoms with Gasteiger partial charge in [-0.2, -0.15) is 0 Å². The Bertz CT molecular complexity index is 1050. The van der Waals surface area contributed by atoms with Crippen LogP contribution in [0.5, 0.6) is 5.75 Å². The van der Waals surface area contributed by atoms with Crippen LogP contribution in [-0.2, 0) is 22.6 Å². The minimum absolute atomic E-state index is 0.0520. The Balaban J connectivity index is 1.51. The van der Waals surface area contributed by atoms with Crippen LogP contribution >= 0.6 is 11.3 Å². The third-order valence-corrected chi connectivity index (χ3v) is 5.76. The summed E-state index contributed by atoms with van der Waals surface area (Å²) in [5, 5.41) is 5.99. The Morgan fingerprint density at radius 3 is 2.87 bits per heavy atom. The molecule has 0 spiro atoms. The molecule has 154 valence electrons. The normalized spacial score (nSPS) is 13.0. The van der Waals surface area contributed by atoms with E-state index in [0.717, 1.165) is 34.7 Å². The lowest BCUT2D eigenvalue weighted by atomic mass is 10.1. The van der Waals surface area contributed by atoms with Gasteiger partial charge >= 0.3 is 0 Å². The highest BCUT2D eigenvalue weighted by Crippen LogP contribution is 2.36. The maximum atomic E-state index is 12.5. The van der Waals surface area contributed by atoms with Gasteiger partial charge in [0.15, 0.2) is 6.61 Å². The number of aryl methyl sites for hydroxylation is 1. The van der Waals surface area contributed by atoms with Gasteiger partial charge in [-0.05, 0) is 36.6 Å². The van der Waals surface area contributed by atoms with Gasteiger partial charge in [0.2, 0.25) is 5.91 Å². The number of thiazole rings is 1. The first-order valence-electron chi connectivity index (χ1n) is 9.96. The summed E-state index contributed by atoms with van der Waals surface area (Å²) in [6.07, 6.45) is 2.00. The number of carbonyl (C=O) groups is 2. The molecule has 0 aliphatic carbocycles. The van der Waals surface area contributed by atoms with Gasteiger partial charge in [0.25, 0.3) is 5.91 Å². The lowest BCUT2D eigenvalue weighted by molar-refractivity contribution is -0.125. The van der Waals surface area contributed by atoms with Gasteiger partial charge < -0.3 is 10.1 Å². The van der Waals surface area contributed by atoms with Crippen LogP contribution in [0.1, 0.15) is 23.9 Å². The van der Waals surface area contributed by atoms with Crippen molar-refractivity contribution in [1.29, 1.82) is 0 Å². The molecule has 0 radical (unpaired) electrons. The summed E-state index contributed by atoms with van der Waals surface area (Å²) in [5.41, 5.74) is 3.38. The summed E-state index contributed by atoms with van der Waals surface area (Å²) in [5.74, 6) is 0.141. The Morgan fingerprint density at radius 1 is 1.23 bits per heavy atom. The molecule has 2 amide bonds. The van der Waals surface area contributed by atoms with Crippen LogP contribution in [0.3, 0.4) is 0 Å². The Hall–Kier alpha value is -3.19. The van der Waals surface area contributed by atoms with Crippen LogP contribution < -0.4 is 15.0 Å². The molecule has 6 nitrogen and oxygen atoms in total. The number of amides is 2. The van der Waals surface area contributed by atoms with E-state index in [-0.39, 0.29) is 25.0 Å². The number of fused-ring (bicyclic) bond motifs is 1. The predicted octanol–water partition coefficient (Wildman–Crippen LogP) is 3.80. The molecule has 0 bridgehead atoms. The molecule has 0 saturated carbocycles. The van der Waals surface area contributed by atoms with Crippen LogP contribution in [0.2, 0.25) is 0 Å². The number of anilines is 1. The first-order valence-corrected chi connectivity index (χ1v) is 10.8. The fraction of sp³-hybridized carbons (Fsp3) is 0.261. The van der Waals surface area contributed by atoms with Crippen molar-refractivity contribution in [1.82, 2.24) is 10.3 Å². The number of carbonyl (C=O) groups excluding carboxylic acids is 2. The lowest BCUT2D eigenvalue weighted by Gasteiger charge is -2.29. The summed E-state index contributed by atoms with van der Waals surface area (Å²) in [4.78, 5) is 31.2. The quantitative estimate of drug-likeness (QED) is 0.630. The Labute approximate surface area is 179 Å². The molecule has 3 aromatic rings. The number of nitrogens with zero attached hydrogens (tertiary/aromatic N) is 2. The minimum atomic E-state index is -0.237. The third kappa shape index (κ3) is 4.52. The van der Waals surface area contributed by atoms with E-state index in [9.17, 15) is 9.59 Å². The molecule has 2 heterocycles. The molecule has 7 heteroatoms. The molecule has 0 atom stereocenters. The van der Waals surface area contributed by atoms with Crippen molar-refractivity contribution in [3.8, 4) is 17.0 Å². The van der Waals surface area contributed by atoms with Crippen LogP contribution in [0, 0.1) is 0 Å². The van der Waals surface area contributed by atoms with Gasteiger partial charge in [0.05, 0.1) is 16.4 Å². The van der Waals surface area contributed by atoms with E-state index in [4.69, 9.17) is 4.74 Å². The van der Waals surface area contributed by atoms with Crippen LogP contribution in [-0.4, -0.2) is 29.9 Å². The zero-order valence-electron chi connectivity index (χ0n) is 16.8.